The van der Waals surface area contributed by atoms with Crippen molar-refractivity contribution >= 4 is 28.7 Å². The molecule has 0 amide bonds. The van der Waals surface area contributed by atoms with Crippen LogP contribution in [0.15, 0.2) is 47.8 Å². The Labute approximate surface area is 116 Å². The fourth-order valence-electron chi connectivity index (χ4n) is 2.34. The molecule has 1 fully saturated rings. The van der Waals surface area contributed by atoms with Crippen LogP contribution < -0.4 is 5.32 Å². The second kappa shape index (κ2) is 4.37. The zero-order chi connectivity index (χ0) is 12.6. The van der Waals surface area contributed by atoms with E-state index in [0.29, 0.717) is 5.17 Å². The van der Waals surface area contributed by atoms with Crippen LogP contribution in [-0.4, -0.2) is 5.17 Å². The van der Waals surface area contributed by atoms with Crippen LogP contribution in [-0.2, 0) is 10.3 Å². The Morgan fingerprint density at radius 2 is 2.00 bits per heavy atom. The number of rotatable bonds is 2. The monoisotopic (exact) mass is 275 g/mol. The molecular weight excluding hydrogens is 262 g/mol. The van der Waals surface area contributed by atoms with Gasteiger partial charge in [-0.3, -0.25) is 0 Å². The number of nitrogens with one attached hydrogen (secondary N) is 1. The summed E-state index contributed by atoms with van der Waals surface area (Å²) < 4.78 is 5.89. The normalized spacial score (nSPS) is 26.7. The summed E-state index contributed by atoms with van der Waals surface area (Å²) in [4.78, 5) is 1.18. The van der Waals surface area contributed by atoms with Crippen LogP contribution in [0, 0.1) is 0 Å². The van der Waals surface area contributed by atoms with Crippen LogP contribution in [0.2, 0.25) is 0 Å². The fraction of sp³-hybridized carbons (Fsp3) is 0.214. The number of thiocarbonyl (C=S) groups is 1. The molecule has 1 aliphatic rings. The van der Waals surface area contributed by atoms with E-state index in [-0.39, 0.29) is 6.04 Å². The molecule has 0 saturated carbocycles. The smallest absolute Gasteiger partial charge is 0.258 e. The van der Waals surface area contributed by atoms with Crippen molar-refractivity contribution in [1.82, 2.24) is 5.32 Å². The van der Waals surface area contributed by atoms with E-state index in [1.54, 1.807) is 11.3 Å². The van der Waals surface area contributed by atoms with Crippen molar-refractivity contribution in [2.75, 3.05) is 0 Å². The van der Waals surface area contributed by atoms with E-state index >= 15 is 0 Å². The molecule has 18 heavy (non-hydrogen) atoms. The van der Waals surface area contributed by atoms with Crippen LogP contribution in [0.5, 0.6) is 0 Å². The molecule has 2 heterocycles. The van der Waals surface area contributed by atoms with Crippen molar-refractivity contribution in [2.24, 2.45) is 0 Å². The van der Waals surface area contributed by atoms with E-state index in [0.717, 1.165) is 0 Å². The second-order valence-electron chi connectivity index (χ2n) is 4.46. The molecule has 0 bridgehead atoms. The number of ether oxygens (including phenoxy) is 1. The first kappa shape index (κ1) is 11.7. The van der Waals surface area contributed by atoms with Crippen LogP contribution >= 0.6 is 23.6 Å². The first-order valence-corrected chi connectivity index (χ1v) is 7.07. The molecule has 0 aliphatic carbocycles. The average molecular weight is 275 g/mol. The lowest BCUT2D eigenvalue weighted by Crippen LogP contribution is -2.30. The first-order chi connectivity index (χ1) is 8.70. The number of thiophene rings is 1. The van der Waals surface area contributed by atoms with Gasteiger partial charge in [-0.15, -0.1) is 11.3 Å². The standard InChI is InChI=1S/C14H13NOS2/c1-14(11-8-5-9-18-11)12(15-13(17)16-14)10-6-3-2-4-7-10/h2-9,12H,1H3,(H,15,17). The lowest BCUT2D eigenvalue weighted by atomic mass is 9.89. The highest BCUT2D eigenvalue weighted by Crippen LogP contribution is 2.44. The van der Waals surface area contributed by atoms with Gasteiger partial charge in [0, 0.05) is 0 Å². The van der Waals surface area contributed by atoms with Crippen LogP contribution in [0.3, 0.4) is 0 Å². The third kappa shape index (κ3) is 1.82. The van der Waals surface area contributed by atoms with Crippen molar-refractivity contribution in [1.29, 1.82) is 0 Å². The Bertz CT molecular complexity index is 552. The van der Waals surface area contributed by atoms with E-state index in [1.165, 1.54) is 10.4 Å². The highest BCUT2D eigenvalue weighted by Gasteiger charge is 2.46. The molecule has 2 nitrogen and oxygen atoms in total. The predicted molar refractivity (Wildman–Crippen MR) is 77.7 cm³/mol. The molecule has 92 valence electrons. The minimum Gasteiger partial charge on any atom is -0.456 e. The molecule has 1 aliphatic heterocycles. The summed E-state index contributed by atoms with van der Waals surface area (Å²) in [6, 6.07) is 14.5. The molecule has 2 aromatic rings. The predicted octanol–water partition coefficient (Wildman–Crippen LogP) is 3.61. The Balaban J connectivity index is 2.05. The van der Waals surface area contributed by atoms with E-state index in [9.17, 15) is 0 Å². The molecule has 2 unspecified atom stereocenters. The van der Waals surface area contributed by atoms with E-state index in [2.05, 4.69) is 35.8 Å². The lowest BCUT2D eigenvalue weighted by molar-refractivity contribution is 0.0872. The number of hydrogen-bond acceptors (Lipinski definition) is 3. The molecule has 1 N–H and O–H groups in total. The largest absolute Gasteiger partial charge is 0.456 e. The Morgan fingerprint density at radius 3 is 2.67 bits per heavy atom. The molecule has 3 rings (SSSR count). The van der Waals surface area contributed by atoms with Gasteiger partial charge in [0.1, 0.15) is 0 Å². The summed E-state index contributed by atoms with van der Waals surface area (Å²) >= 11 is 6.89. The van der Waals surface area contributed by atoms with Gasteiger partial charge in [-0.05, 0) is 36.2 Å². The fourth-order valence-corrected chi connectivity index (χ4v) is 3.48. The highest BCUT2D eigenvalue weighted by molar-refractivity contribution is 7.80. The van der Waals surface area contributed by atoms with Gasteiger partial charge in [0.25, 0.3) is 5.17 Å². The summed E-state index contributed by atoms with van der Waals surface area (Å²) in [6.45, 7) is 2.09. The van der Waals surface area contributed by atoms with E-state index < -0.39 is 5.60 Å². The zero-order valence-electron chi connectivity index (χ0n) is 9.92. The Morgan fingerprint density at radius 1 is 1.22 bits per heavy atom. The maximum atomic E-state index is 5.89. The third-order valence-corrected chi connectivity index (χ3v) is 4.55. The maximum Gasteiger partial charge on any atom is 0.258 e. The number of benzene rings is 1. The van der Waals surface area contributed by atoms with Gasteiger partial charge in [-0.2, -0.15) is 0 Å². The van der Waals surface area contributed by atoms with E-state index in [4.69, 9.17) is 17.0 Å². The van der Waals surface area contributed by atoms with Crippen LogP contribution in [0.4, 0.5) is 0 Å². The molecule has 4 heteroatoms. The maximum absolute atomic E-state index is 5.89. The molecule has 1 saturated heterocycles. The van der Waals surface area contributed by atoms with Crippen molar-refractivity contribution in [2.45, 2.75) is 18.6 Å². The Hall–Kier alpha value is -1.39. The molecule has 1 aromatic heterocycles. The van der Waals surface area contributed by atoms with Crippen LogP contribution in [0.1, 0.15) is 23.4 Å². The third-order valence-electron chi connectivity index (χ3n) is 3.26. The van der Waals surface area contributed by atoms with Gasteiger partial charge in [0.15, 0.2) is 5.60 Å². The van der Waals surface area contributed by atoms with Crippen molar-refractivity contribution < 1.29 is 4.74 Å². The first-order valence-electron chi connectivity index (χ1n) is 5.78. The Kier molecular flexibility index (Phi) is 2.84. The van der Waals surface area contributed by atoms with Gasteiger partial charge < -0.3 is 10.1 Å². The van der Waals surface area contributed by atoms with Gasteiger partial charge in [0.2, 0.25) is 0 Å². The quantitative estimate of drug-likeness (QED) is 0.846. The van der Waals surface area contributed by atoms with Crippen molar-refractivity contribution in [3.8, 4) is 0 Å². The topological polar surface area (TPSA) is 21.3 Å². The van der Waals surface area contributed by atoms with E-state index in [1.807, 2.05) is 24.3 Å². The summed E-state index contributed by atoms with van der Waals surface area (Å²) in [6.07, 6.45) is 0. The van der Waals surface area contributed by atoms with Crippen molar-refractivity contribution in [3.05, 3.63) is 58.3 Å². The van der Waals surface area contributed by atoms with Crippen molar-refractivity contribution in [3.63, 3.8) is 0 Å². The zero-order valence-corrected chi connectivity index (χ0v) is 11.6. The SMILES string of the molecule is CC1(c2cccs2)OC(=S)NC1c1ccccc1. The molecule has 2 atom stereocenters. The lowest BCUT2D eigenvalue weighted by Gasteiger charge is -2.28. The summed E-state index contributed by atoms with van der Waals surface area (Å²) in [5.74, 6) is 0. The summed E-state index contributed by atoms with van der Waals surface area (Å²) in [5, 5.41) is 5.80. The molecule has 0 spiro atoms. The number of hydrogen-bond donors (Lipinski definition) is 1. The summed E-state index contributed by atoms with van der Waals surface area (Å²) in [7, 11) is 0. The molecular formula is C14H13NOS2. The molecule has 0 radical (unpaired) electrons. The second-order valence-corrected chi connectivity index (χ2v) is 5.78. The molecule has 1 aromatic carbocycles. The summed E-state index contributed by atoms with van der Waals surface area (Å²) in [5.41, 5.74) is 0.764. The van der Waals surface area contributed by atoms with Gasteiger partial charge in [0.05, 0.1) is 10.9 Å². The minimum absolute atomic E-state index is 0.0600. The van der Waals surface area contributed by atoms with Gasteiger partial charge >= 0.3 is 0 Å². The highest BCUT2D eigenvalue weighted by atomic mass is 32.1. The van der Waals surface area contributed by atoms with Crippen LogP contribution in [0.25, 0.3) is 0 Å². The average Bonchev–Trinajstić information content (AvgIpc) is 2.99. The minimum atomic E-state index is -0.424. The van der Waals surface area contributed by atoms with Gasteiger partial charge in [-0.25, -0.2) is 0 Å². The van der Waals surface area contributed by atoms with Gasteiger partial charge in [-0.1, -0.05) is 36.4 Å².